The molecule has 0 unspecified atom stereocenters. The van der Waals surface area contributed by atoms with Crippen LogP contribution in [0.4, 0.5) is 0 Å². The molecule has 0 fully saturated rings. The molecule has 0 aliphatic heterocycles. The fourth-order valence-electron chi connectivity index (χ4n) is 1.11. The summed E-state index contributed by atoms with van der Waals surface area (Å²) in [5.74, 6) is -0.144. The van der Waals surface area contributed by atoms with E-state index in [0.717, 1.165) is 18.4 Å². The molecule has 0 N–H and O–H groups in total. The molecule has 0 aromatic heterocycles. The average molecular weight is 238 g/mol. The predicted octanol–water partition coefficient (Wildman–Crippen LogP) is 4.43. The Morgan fingerprint density at radius 3 is 2.24 bits per heavy atom. The summed E-state index contributed by atoms with van der Waals surface area (Å²) in [5, 5.41) is 0. The summed E-state index contributed by atoms with van der Waals surface area (Å²) in [6, 6.07) is 0. The highest BCUT2D eigenvalue weighted by Crippen LogP contribution is 2.10. The molecule has 0 saturated heterocycles. The Morgan fingerprint density at radius 1 is 1.24 bits per heavy atom. The number of methoxy groups -OCH3 is 1. The van der Waals surface area contributed by atoms with Crippen LogP contribution in [0.25, 0.3) is 0 Å². The lowest BCUT2D eigenvalue weighted by Crippen LogP contribution is -1.99. The van der Waals surface area contributed by atoms with Gasteiger partial charge < -0.3 is 4.74 Å². The van der Waals surface area contributed by atoms with Gasteiger partial charge in [-0.05, 0) is 26.7 Å². The van der Waals surface area contributed by atoms with Crippen molar-refractivity contribution in [1.82, 2.24) is 0 Å². The molecule has 0 spiro atoms. The first kappa shape index (κ1) is 18.1. The SMILES string of the molecule is C=C(C)/C=C\C(=C/C)CCCC(=O)OC.CC. The van der Waals surface area contributed by atoms with Crippen LogP contribution in [0.2, 0.25) is 0 Å². The first-order valence-corrected chi connectivity index (χ1v) is 6.15. The van der Waals surface area contributed by atoms with E-state index in [9.17, 15) is 4.79 Å². The zero-order valence-corrected chi connectivity index (χ0v) is 11.9. The monoisotopic (exact) mass is 238 g/mol. The minimum absolute atomic E-state index is 0.144. The third-order valence-corrected chi connectivity index (χ3v) is 2.03. The van der Waals surface area contributed by atoms with Gasteiger partial charge in [-0.3, -0.25) is 4.79 Å². The van der Waals surface area contributed by atoms with E-state index in [4.69, 9.17) is 0 Å². The molecule has 0 aliphatic rings. The molecule has 0 heterocycles. The Kier molecular flexibility index (Phi) is 13.6. The lowest BCUT2D eigenvalue weighted by Gasteiger charge is -2.01. The van der Waals surface area contributed by atoms with Crippen LogP contribution in [0.1, 0.15) is 47.0 Å². The van der Waals surface area contributed by atoms with Gasteiger partial charge in [0.05, 0.1) is 7.11 Å². The highest BCUT2D eigenvalue weighted by Gasteiger charge is 1.99. The molecule has 0 aromatic rings. The van der Waals surface area contributed by atoms with Gasteiger partial charge in [-0.1, -0.05) is 49.8 Å². The normalized spacial score (nSPS) is 10.8. The zero-order valence-electron chi connectivity index (χ0n) is 11.9. The van der Waals surface area contributed by atoms with Gasteiger partial charge in [-0.2, -0.15) is 0 Å². The third-order valence-electron chi connectivity index (χ3n) is 2.03. The summed E-state index contributed by atoms with van der Waals surface area (Å²) in [5.41, 5.74) is 2.25. The molecular formula is C15H26O2. The van der Waals surface area contributed by atoms with Gasteiger partial charge in [0.25, 0.3) is 0 Å². The van der Waals surface area contributed by atoms with Crippen LogP contribution in [0.3, 0.4) is 0 Å². The number of hydrogen-bond acceptors (Lipinski definition) is 2. The van der Waals surface area contributed by atoms with E-state index in [1.54, 1.807) is 0 Å². The minimum atomic E-state index is -0.144. The summed E-state index contributed by atoms with van der Waals surface area (Å²) in [4.78, 5) is 10.9. The molecule has 0 bridgehead atoms. The van der Waals surface area contributed by atoms with Crippen molar-refractivity contribution in [2.45, 2.75) is 47.0 Å². The Balaban J connectivity index is 0. The summed E-state index contributed by atoms with van der Waals surface area (Å²) in [6.07, 6.45) is 8.28. The third kappa shape index (κ3) is 12.6. The predicted molar refractivity (Wildman–Crippen MR) is 74.9 cm³/mol. The molecule has 98 valence electrons. The van der Waals surface area contributed by atoms with Crippen molar-refractivity contribution in [3.05, 3.63) is 36.0 Å². The van der Waals surface area contributed by atoms with E-state index in [0.29, 0.717) is 6.42 Å². The minimum Gasteiger partial charge on any atom is -0.469 e. The van der Waals surface area contributed by atoms with Gasteiger partial charge in [0.2, 0.25) is 0 Å². The lowest BCUT2D eigenvalue weighted by molar-refractivity contribution is -0.140. The van der Waals surface area contributed by atoms with Gasteiger partial charge in [-0.15, -0.1) is 0 Å². The fraction of sp³-hybridized carbons (Fsp3) is 0.533. The maximum Gasteiger partial charge on any atom is 0.305 e. The fourth-order valence-corrected chi connectivity index (χ4v) is 1.11. The Labute approximate surface area is 106 Å². The van der Waals surface area contributed by atoms with Crippen LogP contribution in [0.5, 0.6) is 0 Å². The molecule has 0 aromatic carbocycles. The number of carbonyl (C=O) groups is 1. The number of allylic oxidation sites excluding steroid dienone is 5. The van der Waals surface area contributed by atoms with Crippen molar-refractivity contribution in [2.75, 3.05) is 7.11 Å². The van der Waals surface area contributed by atoms with Crippen molar-refractivity contribution < 1.29 is 9.53 Å². The molecule has 0 saturated carbocycles. The summed E-state index contributed by atoms with van der Waals surface area (Å²) in [7, 11) is 1.42. The first-order valence-electron chi connectivity index (χ1n) is 6.15. The lowest BCUT2D eigenvalue weighted by atomic mass is 10.1. The molecular weight excluding hydrogens is 212 g/mol. The highest BCUT2D eigenvalue weighted by atomic mass is 16.5. The topological polar surface area (TPSA) is 26.3 Å². The largest absolute Gasteiger partial charge is 0.469 e. The zero-order chi connectivity index (χ0) is 13.7. The second-order valence-corrected chi connectivity index (χ2v) is 3.47. The summed E-state index contributed by atoms with van der Waals surface area (Å²) >= 11 is 0. The smallest absolute Gasteiger partial charge is 0.305 e. The molecule has 17 heavy (non-hydrogen) atoms. The molecule has 0 rings (SSSR count). The number of esters is 1. The van der Waals surface area contributed by atoms with Gasteiger partial charge in [0, 0.05) is 6.42 Å². The highest BCUT2D eigenvalue weighted by molar-refractivity contribution is 5.69. The van der Waals surface area contributed by atoms with Crippen molar-refractivity contribution in [2.24, 2.45) is 0 Å². The van der Waals surface area contributed by atoms with Crippen LogP contribution in [-0.4, -0.2) is 13.1 Å². The first-order chi connectivity index (χ1) is 8.10. The van der Waals surface area contributed by atoms with Crippen molar-refractivity contribution >= 4 is 5.97 Å². The van der Waals surface area contributed by atoms with Crippen molar-refractivity contribution in [1.29, 1.82) is 0 Å². The van der Waals surface area contributed by atoms with Crippen molar-refractivity contribution in [3.8, 4) is 0 Å². The van der Waals surface area contributed by atoms with Crippen LogP contribution in [0.15, 0.2) is 36.0 Å². The van der Waals surface area contributed by atoms with Gasteiger partial charge in [-0.25, -0.2) is 0 Å². The Morgan fingerprint density at radius 2 is 1.82 bits per heavy atom. The van der Waals surface area contributed by atoms with Gasteiger partial charge in [0.1, 0.15) is 0 Å². The van der Waals surface area contributed by atoms with E-state index in [2.05, 4.69) is 17.4 Å². The van der Waals surface area contributed by atoms with Crippen molar-refractivity contribution in [3.63, 3.8) is 0 Å². The second kappa shape index (κ2) is 12.8. The quantitative estimate of drug-likeness (QED) is 0.505. The Bertz CT molecular complexity index is 273. The van der Waals surface area contributed by atoms with E-state index in [-0.39, 0.29) is 5.97 Å². The van der Waals surface area contributed by atoms with Crippen LogP contribution in [0, 0.1) is 0 Å². The molecule has 2 heteroatoms. The number of ether oxygens (including phenoxy) is 1. The van der Waals surface area contributed by atoms with Crippen LogP contribution < -0.4 is 0 Å². The molecule has 0 radical (unpaired) electrons. The standard InChI is InChI=1S/C13H20O2.C2H6/c1-5-12(10-9-11(2)3)7-6-8-13(14)15-4;1-2/h5,9-10H,2,6-8H2,1,3-4H3;1-2H3/b10-9-,12-5-;. The van der Waals surface area contributed by atoms with E-state index < -0.39 is 0 Å². The van der Waals surface area contributed by atoms with Crippen LogP contribution >= 0.6 is 0 Å². The number of rotatable bonds is 6. The maximum atomic E-state index is 10.9. The van der Waals surface area contributed by atoms with E-state index >= 15 is 0 Å². The molecule has 0 amide bonds. The van der Waals surface area contributed by atoms with E-state index in [1.807, 2.05) is 39.8 Å². The maximum absolute atomic E-state index is 10.9. The average Bonchev–Trinajstić information content (AvgIpc) is 2.35. The van der Waals surface area contributed by atoms with E-state index in [1.165, 1.54) is 12.7 Å². The van der Waals surface area contributed by atoms with Gasteiger partial charge in [0.15, 0.2) is 0 Å². The summed E-state index contributed by atoms with van der Waals surface area (Å²) < 4.78 is 4.57. The van der Waals surface area contributed by atoms with Crippen LogP contribution in [-0.2, 0) is 9.53 Å². The van der Waals surface area contributed by atoms with Gasteiger partial charge >= 0.3 is 5.97 Å². The molecule has 2 nitrogen and oxygen atoms in total. The Hall–Kier alpha value is -1.31. The number of hydrogen-bond donors (Lipinski definition) is 0. The summed E-state index contributed by atoms with van der Waals surface area (Å²) in [6.45, 7) is 11.7. The number of carbonyl (C=O) groups excluding carboxylic acids is 1. The second-order valence-electron chi connectivity index (χ2n) is 3.47. The molecule has 0 atom stereocenters. The molecule has 0 aliphatic carbocycles.